The molecule has 2 aliphatic heterocycles. The predicted octanol–water partition coefficient (Wildman–Crippen LogP) is 2.94. The van der Waals surface area contributed by atoms with Crippen LogP contribution in [0.5, 0.6) is 0 Å². The van der Waals surface area contributed by atoms with Crippen LogP contribution in [-0.2, 0) is 4.74 Å². The molecule has 0 bridgehead atoms. The Balaban J connectivity index is 1.61. The molecule has 2 aliphatic rings. The molecule has 0 saturated carbocycles. The van der Waals surface area contributed by atoms with E-state index < -0.39 is 0 Å². The third-order valence-electron chi connectivity index (χ3n) is 5.60. The first-order valence-corrected chi connectivity index (χ1v) is 10.0. The van der Waals surface area contributed by atoms with Crippen molar-refractivity contribution < 1.29 is 9.84 Å². The van der Waals surface area contributed by atoms with E-state index in [1.807, 2.05) is 6.07 Å². The highest BCUT2D eigenvalue weighted by Crippen LogP contribution is 2.34. The first kappa shape index (κ1) is 19.4. The van der Waals surface area contributed by atoms with E-state index in [1.54, 1.807) is 6.33 Å². The average molecular weight is 363 g/mol. The lowest BCUT2D eigenvalue weighted by Gasteiger charge is -2.40. The van der Waals surface area contributed by atoms with Gasteiger partial charge in [0.15, 0.2) is 0 Å². The molecule has 0 spiro atoms. The summed E-state index contributed by atoms with van der Waals surface area (Å²) < 4.78 is 6.08. The Morgan fingerprint density at radius 3 is 2.88 bits per heavy atom. The summed E-state index contributed by atoms with van der Waals surface area (Å²) in [5.41, 5.74) is 0.150. The molecular formula is C20H34N4O2. The van der Waals surface area contributed by atoms with E-state index in [2.05, 4.69) is 41.0 Å². The van der Waals surface area contributed by atoms with Gasteiger partial charge >= 0.3 is 0 Å². The number of piperidine rings is 1. The van der Waals surface area contributed by atoms with Crippen LogP contribution in [0.25, 0.3) is 0 Å². The number of aliphatic hydroxyl groups is 1. The molecule has 6 nitrogen and oxygen atoms in total. The maximum atomic E-state index is 9.45. The molecule has 0 aliphatic carbocycles. The van der Waals surface area contributed by atoms with Gasteiger partial charge in [-0.15, -0.1) is 0 Å². The molecular weight excluding hydrogens is 328 g/mol. The summed E-state index contributed by atoms with van der Waals surface area (Å²) in [6.45, 7) is 10.6. The molecule has 0 amide bonds. The topological polar surface area (TPSA) is 70.5 Å². The quantitative estimate of drug-likeness (QED) is 0.839. The lowest BCUT2D eigenvalue weighted by molar-refractivity contribution is -0.0814. The maximum Gasteiger partial charge on any atom is 0.134 e. The fourth-order valence-electron chi connectivity index (χ4n) is 4.28. The van der Waals surface area contributed by atoms with E-state index in [-0.39, 0.29) is 18.1 Å². The lowest BCUT2D eigenvalue weighted by Crippen LogP contribution is -2.42. The second-order valence-electron chi connectivity index (χ2n) is 8.84. The Morgan fingerprint density at radius 1 is 1.27 bits per heavy atom. The van der Waals surface area contributed by atoms with Crippen LogP contribution in [0, 0.1) is 17.3 Å². The van der Waals surface area contributed by atoms with Crippen molar-refractivity contribution in [3.8, 4) is 0 Å². The molecule has 1 aromatic heterocycles. The highest BCUT2D eigenvalue weighted by atomic mass is 16.5. The first-order chi connectivity index (χ1) is 12.5. The van der Waals surface area contributed by atoms with Crippen molar-refractivity contribution >= 4 is 11.6 Å². The van der Waals surface area contributed by atoms with E-state index in [1.165, 1.54) is 6.42 Å². The largest absolute Gasteiger partial charge is 0.396 e. The zero-order valence-corrected chi connectivity index (χ0v) is 16.4. The predicted molar refractivity (Wildman–Crippen MR) is 104 cm³/mol. The summed E-state index contributed by atoms with van der Waals surface area (Å²) in [5.74, 6) is 2.67. The van der Waals surface area contributed by atoms with Crippen LogP contribution in [0.2, 0.25) is 0 Å². The minimum atomic E-state index is 0.150. The number of nitrogens with one attached hydrogen (secondary N) is 1. The number of nitrogens with zero attached hydrogens (tertiary/aromatic N) is 3. The van der Waals surface area contributed by atoms with E-state index >= 15 is 0 Å². The van der Waals surface area contributed by atoms with Gasteiger partial charge in [-0.1, -0.05) is 20.8 Å². The SMILES string of the molecule is CC(C)(C)C1OCCCC1CNc1cc(N2CCCC(CO)C2)ncn1. The minimum Gasteiger partial charge on any atom is -0.396 e. The fraction of sp³-hybridized carbons (Fsp3) is 0.800. The Labute approximate surface area is 157 Å². The monoisotopic (exact) mass is 362 g/mol. The molecule has 0 aromatic carbocycles. The molecule has 3 rings (SSSR count). The maximum absolute atomic E-state index is 9.45. The molecule has 3 atom stereocenters. The summed E-state index contributed by atoms with van der Waals surface area (Å²) in [6.07, 6.45) is 6.43. The molecule has 3 unspecified atom stereocenters. The van der Waals surface area contributed by atoms with Crippen molar-refractivity contribution in [3.05, 3.63) is 12.4 Å². The normalized spacial score (nSPS) is 27.4. The minimum absolute atomic E-state index is 0.150. The number of aromatic nitrogens is 2. The zero-order chi connectivity index (χ0) is 18.6. The number of ether oxygens (including phenoxy) is 1. The van der Waals surface area contributed by atoms with Crippen LogP contribution < -0.4 is 10.2 Å². The Kier molecular flexibility index (Phi) is 6.35. The number of anilines is 2. The van der Waals surface area contributed by atoms with Crippen LogP contribution in [0.1, 0.15) is 46.5 Å². The van der Waals surface area contributed by atoms with Crippen LogP contribution in [0.4, 0.5) is 11.6 Å². The standard InChI is InChI=1S/C20H34N4O2/c1-20(2,3)19-16(7-5-9-26-19)11-21-17-10-18(23-14-22-17)24-8-4-6-15(12-24)13-25/h10,14-16,19,25H,4-9,11-13H2,1-3H3,(H,21,22,23). The Morgan fingerprint density at radius 2 is 2.12 bits per heavy atom. The van der Waals surface area contributed by atoms with Crippen LogP contribution in [0.3, 0.4) is 0 Å². The zero-order valence-electron chi connectivity index (χ0n) is 16.4. The molecule has 1 aromatic rings. The van der Waals surface area contributed by atoms with Crippen molar-refractivity contribution in [1.29, 1.82) is 0 Å². The smallest absolute Gasteiger partial charge is 0.134 e. The Hall–Kier alpha value is -1.40. The van der Waals surface area contributed by atoms with Gasteiger partial charge < -0.3 is 20.1 Å². The van der Waals surface area contributed by atoms with Gasteiger partial charge in [0.2, 0.25) is 0 Å². The van der Waals surface area contributed by atoms with Crippen molar-refractivity contribution in [2.45, 2.75) is 52.6 Å². The van der Waals surface area contributed by atoms with Crippen molar-refractivity contribution in [3.63, 3.8) is 0 Å². The second-order valence-corrected chi connectivity index (χ2v) is 8.84. The first-order valence-electron chi connectivity index (χ1n) is 10.0. The third-order valence-corrected chi connectivity index (χ3v) is 5.60. The van der Waals surface area contributed by atoms with Gasteiger partial charge in [-0.3, -0.25) is 0 Å². The average Bonchev–Trinajstić information content (AvgIpc) is 2.66. The summed E-state index contributed by atoms with van der Waals surface area (Å²) in [5, 5.41) is 13.0. The highest BCUT2D eigenvalue weighted by molar-refractivity contribution is 5.48. The van der Waals surface area contributed by atoms with Gasteiger partial charge in [0.05, 0.1) is 6.10 Å². The Bertz CT molecular complexity index is 575. The summed E-state index contributed by atoms with van der Waals surface area (Å²) in [6, 6.07) is 2.04. The molecule has 146 valence electrons. The van der Waals surface area contributed by atoms with E-state index in [9.17, 15) is 5.11 Å². The van der Waals surface area contributed by atoms with Crippen LogP contribution >= 0.6 is 0 Å². The van der Waals surface area contributed by atoms with Crippen LogP contribution in [-0.4, -0.2) is 54.0 Å². The van der Waals surface area contributed by atoms with Gasteiger partial charge in [-0.25, -0.2) is 9.97 Å². The molecule has 0 radical (unpaired) electrons. The lowest BCUT2D eigenvalue weighted by atomic mass is 9.78. The van der Waals surface area contributed by atoms with E-state index in [0.717, 1.165) is 57.1 Å². The number of hydrogen-bond donors (Lipinski definition) is 2. The fourth-order valence-corrected chi connectivity index (χ4v) is 4.28. The summed E-state index contributed by atoms with van der Waals surface area (Å²) in [7, 11) is 0. The summed E-state index contributed by atoms with van der Waals surface area (Å²) >= 11 is 0. The molecule has 2 saturated heterocycles. The number of rotatable bonds is 5. The molecule has 26 heavy (non-hydrogen) atoms. The van der Waals surface area contributed by atoms with E-state index in [4.69, 9.17) is 4.74 Å². The highest BCUT2D eigenvalue weighted by Gasteiger charge is 2.35. The van der Waals surface area contributed by atoms with Gasteiger partial charge in [0.1, 0.15) is 18.0 Å². The van der Waals surface area contributed by atoms with Gasteiger partial charge in [0.25, 0.3) is 0 Å². The molecule has 3 heterocycles. The number of aliphatic hydroxyl groups excluding tert-OH is 1. The van der Waals surface area contributed by atoms with Gasteiger partial charge in [-0.2, -0.15) is 0 Å². The van der Waals surface area contributed by atoms with Gasteiger partial charge in [0, 0.05) is 44.8 Å². The molecule has 2 fully saturated rings. The van der Waals surface area contributed by atoms with Crippen molar-refractivity contribution in [2.24, 2.45) is 17.3 Å². The number of hydrogen-bond acceptors (Lipinski definition) is 6. The molecule has 6 heteroatoms. The van der Waals surface area contributed by atoms with E-state index in [0.29, 0.717) is 11.8 Å². The van der Waals surface area contributed by atoms with Crippen molar-refractivity contribution in [1.82, 2.24) is 9.97 Å². The molecule has 2 N–H and O–H groups in total. The van der Waals surface area contributed by atoms with Crippen LogP contribution in [0.15, 0.2) is 12.4 Å². The second kappa shape index (κ2) is 8.53. The van der Waals surface area contributed by atoms with Gasteiger partial charge in [-0.05, 0) is 37.0 Å². The summed E-state index contributed by atoms with van der Waals surface area (Å²) in [4.78, 5) is 11.1. The third kappa shape index (κ3) is 4.86. The van der Waals surface area contributed by atoms with Crippen molar-refractivity contribution in [2.75, 3.05) is 43.1 Å².